The van der Waals surface area contributed by atoms with Crippen molar-refractivity contribution in [2.24, 2.45) is 0 Å². The number of carbonyl (C=O) groups is 2. The Bertz CT molecular complexity index is 936. The molecule has 2 aromatic carbocycles. The van der Waals surface area contributed by atoms with E-state index in [2.05, 4.69) is 35.9 Å². The quantitative estimate of drug-likeness (QED) is 0.246. The third kappa shape index (κ3) is 11.4. The number of aryl methyl sites for hydroxylation is 1. The number of ether oxygens (including phenoxy) is 1. The van der Waals surface area contributed by atoms with E-state index < -0.39 is 33.5 Å². The zero-order valence-electron chi connectivity index (χ0n) is 21.2. The van der Waals surface area contributed by atoms with Crippen LogP contribution in [-0.2, 0) is 22.7 Å². The van der Waals surface area contributed by atoms with Crippen molar-refractivity contribution in [3.8, 4) is 5.75 Å². The average Bonchev–Trinajstić information content (AvgIpc) is 2.74. The fraction of sp³-hybridized carbons (Fsp3) is 0.462. The predicted molar refractivity (Wildman–Crippen MR) is 147 cm³/mol. The van der Waals surface area contributed by atoms with Gasteiger partial charge in [0.25, 0.3) is 0 Å². The fourth-order valence-corrected chi connectivity index (χ4v) is 3.57. The number of thiol groups is 2. The molecular weight excluding hydrogens is 484 g/mol. The monoisotopic (exact) mass is 522 g/mol. The summed E-state index contributed by atoms with van der Waals surface area (Å²) in [4.78, 5) is 22.2. The number of methoxy groups -OCH3 is 1. The SMILES string of the molecule is COc1ccc(CNC(C(=O)O)C(C)(C)S)cc1.Cc1ccc(CNC(C(=O)O)C(C)(C)S)cc1. The lowest BCUT2D eigenvalue weighted by atomic mass is 10.0. The molecule has 7 nitrogen and oxygen atoms in total. The smallest absolute Gasteiger partial charge is 0.322 e. The number of carboxylic acid groups (broad SMARTS) is 2. The van der Waals surface area contributed by atoms with Gasteiger partial charge < -0.3 is 14.9 Å². The van der Waals surface area contributed by atoms with Crippen molar-refractivity contribution in [1.29, 1.82) is 0 Å². The van der Waals surface area contributed by atoms with Crippen molar-refractivity contribution in [1.82, 2.24) is 10.6 Å². The standard InChI is InChI=1S/C13H19NO3S.C13H19NO2S/c1-13(2,18)11(12(15)16)14-8-9-4-6-10(17-3)7-5-9;1-9-4-6-10(7-5-9)8-14-11(12(15)16)13(2,3)17/h4-7,11,14,18H,8H2,1-3H3,(H,15,16);4-7,11,14,17H,8H2,1-3H3,(H,15,16). The molecule has 0 bridgehead atoms. The van der Waals surface area contributed by atoms with E-state index in [1.807, 2.05) is 55.5 Å². The number of hydrogen-bond donors (Lipinski definition) is 6. The second-order valence-electron chi connectivity index (χ2n) is 9.45. The lowest BCUT2D eigenvalue weighted by Gasteiger charge is -2.27. The van der Waals surface area contributed by atoms with Crippen LogP contribution in [0, 0.1) is 6.92 Å². The first-order valence-corrected chi connectivity index (χ1v) is 12.1. The van der Waals surface area contributed by atoms with Gasteiger partial charge in [-0.1, -0.05) is 42.0 Å². The number of nitrogens with one attached hydrogen (secondary N) is 2. The molecular formula is C26H38N2O5S2. The summed E-state index contributed by atoms with van der Waals surface area (Å²) in [6, 6.07) is 14.1. The molecule has 0 saturated heterocycles. The van der Waals surface area contributed by atoms with Crippen LogP contribution in [0.25, 0.3) is 0 Å². The van der Waals surface area contributed by atoms with Crippen LogP contribution in [0.2, 0.25) is 0 Å². The van der Waals surface area contributed by atoms with Gasteiger partial charge in [0.2, 0.25) is 0 Å². The molecule has 0 radical (unpaired) electrons. The van der Waals surface area contributed by atoms with Crippen LogP contribution in [0.4, 0.5) is 0 Å². The third-order valence-electron chi connectivity index (χ3n) is 5.21. The zero-order valence-corrected chi connectivity index (χ0v) is 23.0. The number of benzene rings is 2. The maximum atomic E-state index is 11.1. The Hall–Kier alpha value is -2.20. The summed E-state index contributed by atoms with van der Waals surface area (Å²) in [6.45, 7) is 10.2. The lowest BCUT2D eigenvalue weighted by molar-refractivity contribution is -0.141. The zero-order chi connectivity index (χ0) is 26.8. The highest BCUT2D eigenvalue weighted by molar-refractivity contribution is 7.82. The van der Waals surface area contributed by atoms with Crippen molar-refractivity contribution in [2.45, 2.75) is 69.3 Å². The molecule has 2 aromatic rings. The molecule has 4 N–H and O–H groups in total. The molecule has 2 rings (SSSR count). The summed E-state index contributed by atoms with van der Waals surface area (Å²) in [5, 5.41) is 24.3. The molecule has 0 aromatic heterocycles. The Balaban J connectivity index is 0.000000351. The van der Waals surface area contributed by atoms with E-state index in [1.165, 1.54) is 5.56 Å². The summed E-state index contributed by atoms with van der Waals surface area (Å²) in [7, 11) is 1.61. The minimum absolute atomic E-state index is 0.477. The Morgan fingerprint density at radius 3 is 1.43 bits per heavy atom. The second kappa shape index (κ2) is 13.8. The van der Waals surface area contributed by atoms with Crippen molar-refractivity contribution < 1.29 is 24.5 Å². The maximum Gasteiger partial charge on any atom is 0.322 e. The molecule has 0 aliphatic heterocycles. The predicted octanol–water partition coefficient (Wildman–Crippen LogP) is 4.19. The molecule has 0 spiro atoms. The van der Waals surface area contributed by atoms with E-state index in [-0.39, 0.29) is 0 Å². The number of rotatable bonds is 11. The van der Waals surface area contributed by atoms with Gasteiger partial charge in [-0.2, -0.15) is 25.3 Å². The van der Waals surface area contributed by atoms with Crippen LogP contribution in [0.15, 0.2) is 48.5 Å². The van der Waals surface area contributed by atoms with Crippen LogP contribution in [0.1, 0.15) is 44.4 Å². The Morgan fingerprint density at radius 1 is 0.800 bits per heavy atom. The molecule has 9 heteroatoms. The highest BCUT2D eigenvalue weighted by Crippen LogP contribution is 2.19. The van der Waals surface area contributed by atoms with E-state index in [0.717, 1.165) is 16.9 Å². The summed E-state index contributed by atoms with van der Waals surface area (Å²) in [5.74, 6) is -0.997. The molecule has 0 aliphatic carbocycles. The van der Waals surface area contributed by atoms with Gasteiger partial charge in [-0.3, -0.25) is 20.2 Å². The number of hydrogen-bond acceptors (Lipinski definition) is 7. The van der Waals surface area contributed by atoms with Gasteiger partial charge in [-0.15, -0.1) is 0 Å². The molecule has 194 valence electrons. The van der Waals surface area contributed by atoms with Crippen LogP contribution in [0.3, 0.4) is 0 Å². The average molecular weight is 523 g/mol. The normalized spacial score (nSPS) is 13.3. The molecule has 0 aliphatic rings. The van der Waals surface area contributed by atoms with Gasteiger partial charge in [0, 0.05) is 22.6 Å². The Kier molecular flexibility index (Phi) is 12.1. The highest BCUT2D eigenvalue weighted by Gasteiger charge is 2.32. The summed E-state index contributed by atoms with van der Waals surface area (Å²) in [6.07, 6.45) is 0. The summed E-state index contributed by atoms with van der Waals surface area (Å²) in [5.41, 5.74) is 3.26. The molecule has 2 atom stereocenters. The molecule has 0 amide bonds. The number of carboxylic acids is 2. The van der Waals surface area contributed by atoms with E-state index in [9.17, 15) is 9.59 Å². The molecule has 0 saturated carbocycles. The van der Waals surface area contributed by atoms with Crippen LogP contribution in [0.5, 0.6) is 5.75 Å². The van der Waals surface area contributed by atoms with E-state index >= 15 is 0 Å². The Labute approximate surface area is 219 Å². The van der Waals surface area contributed by atoms with Crippen LogP contribution >= 0.6 is 25.3 Å². The second-order valence-corrected chi connectivity index (χ2v) is 11.8. The van der Waals surface area contributed by atoms with Crippen LogP contribution < -0.4 is 15.4 Å². The van der Waals surface area contributed by atoms with Gasteiger partial charge in [-0.05, 0) is 57.9 Å². The highest BCUT2D eigenvalue weighted by atomic mass is 32.1. The van der Waals surface area contributed by atoms with Crippen molar-refractivity contribution in [3.63, 3.8) is 0 Å². The molecule has 35 heavy (non-hydrogen) atoms. The van der Waals surface area contributed by atoms with Gasteiger partial charge in [0.1, 0.15) is 17.8 Å². The van der Waals surface area contributed by atoms with E-state index in [1.54, 1.807) is 34.8 Å². The third-order valence-corrected chi connectivity index (χ3v) is 5.72. The van der Waals surface area contributed by atoms with Crippen LogP contribution in [-0.4, -0.2) is 50.8 Å². The number of aliphatic carboxylic acids is 2. The maximum absolute atomic E-state index is 11.1. The van der Waals surface area contributed by atoms with E-state index in [0.29, 0.717) is 13.1 Å². The lowest BCUT2D eigenvalue weighted by Crippen LogP contribution is -2.48. The minimum atomic E-state index is -0.900. The van der Waals surface area contributed by atoms with Gasteiger partial charge in [-0.25, -0.2) is 0 Å². The van der Waals surface area contributed by atoms with Gasteiger partial charge in [0.15, 0.2) is 0 Å². The first-order valence-electron chi connectivity index (χ1n) is 11.2. The van der Waals surface area contributed by atoms with E-state index in [4.69, 9.17) is 14.9 Å². The largest absolute Gasteiger partial charge is 0.497 e. The van der Waals surface area contributed by atoms with Gasteiger partial charge >= 0.3 is 11.9 Å². The van der Waals surface area contributed by atoms with Crippen molar-refractivity contribution >= 4 is 37.2 Å². The van der Waals surface area contributed by atoms with Crippen molar-refractivity contribution in [3.05, 3.63) is 65.2 Å². The fourth-order valence-electron chi connectivity index (χ4n) is 3.17. The minimum Gasteiger partial charge on any atom is -0.497 e. The molecule has 2 unspecified atom stereocenters. The Morgan fingerprint density at radius 2 is 1.14 bits per heavy atom. The first-order chi connectivity index (χ1) is 16.1. The molecule has 0 fully saturated rings. The van der Waals surface area contributed by atoms with Gasteiger partial charge in [0.05, 0.1) is 7.11 Å². The molecule has 0 heterocycles. The topological polar surface area (TPSA) is 108 Å². The summed E-state index contributed by atoms with van der Waals surface area (Å²) < 4.78 is 3.83. The first kappa shape index (κ1) is 30.8. The summed E-state index contributed by atoms with van der Waals surface area (Å²) >= 11 is 8.61. The van der Waals surface area contributed by atoms with Crippen molar-refractivity contribution in [2.75, 3.05) is 7.11 Å².